The normalized spacial score (nSPS) is 11.0. The number of aliphatic hydroxyl groups excluding tert-OH is 1. The van der Waals surface area contributed by atoms with Crippen LogP contribution in [-0.2, 0) is 6.42 Å². The van der Waals surface area contributed by atoms with Crippen LogP contribution in [0.4, 0.5) is 0 Å². The molecule has 2 N–H and O–H groups in total. The zero-order valence-electron chi connectivity index (χ0n) is 10.9. The molecule has 96 valence electrons. The fourth-order valence-corrected chi connectivity index (χ4v) is 2.13. The van der Waals surface area contributed by atoms with Crippen molar-refractivity contribution >= 4 is 10.8 Å². The van der Waals surface area contributed by atoms with Gasteiger partial charge in [-0.15, -0.1) is 0 Å². The minimum absolute atomic E-state index is 0.266. The first-order valence-electron chi connectivity index (χ1n) is 6.60. The minimum Gasteiger partial charge on any atom is -0.396 e. The van der Waals surface area contributed by atoms with Gasteiger partial charge in [-0.1, -0.05) is 42.0 Å². The second-order valence-corrected chi connectivity index (χ2v) is 4.76. The van der Waals surface area contributed by atoms with Crippen molar-refractivity contribution < 1.29 is 5.11 Å². The van der Waals surface area contributed by atoms with E-state index in [2.05, 4.69) is 48.6 Å². The zero-order chi connectivity index (χ0) is 12.8. The third-order valence-electron chi connectivity index (χ3n) is 3.16. The van der Waals surface area contributed by atoms with Crippen molar-refractivity contribution in [2.24, 2.45) is 0 Å². The van der Waals surface area contributed by atoms with Gasteiger partial charge in [-0.05, 0) is 49.2 Å². The summed E-state index contributed by atoms with van der Waals surface area (Å²) in [6.45, 7) is 4.25. The molecule has 0 spiro atoms. The van der Waals surface area contributed by atoms with E-state index in [1.54, 1.807) is 0 Å². The number of aliphatic hydroxyl groups is 1. The van der Waals surface area contributed by atoms with Crippen molar-refractivity contribution in [2.75, 3.05) is 19.7 Å². The predicted octanol–water partition coefficient (Wildman–Crippen LogP) is 2.66. The van der Waals surface area contributed by atoms with Crippen LogP contribution >= 0.6 is 0 Å². The maximum Gasteiger partial charge on any atom is 0.0443 e. The molecule has 2 aromatic rings. The van der Waals surface area contributed by atoms with Crippen LogP contribution in [0.25, 0.3) is 10.8 Å². The highest BCUT2D eigenvalue weighted by molar-refractivity contribution is 5.83. The molecule has 0 aromatic heterocycles. The van der Waals surface area contributed by atoms with E-state index in [9.17, 15) is 0 Å². The average molecular weight is 243 g/mol. The molecule has 2 nitrogen and oxygen atoms in total. The van der Waals surface area contributed by atoms with Gasteiger partial charge in [0.1, 0.15) is 0 Å². The molecule has 0 aliphatic heterocycles. The first kappa shape index (κ1) is 13.1. The van der Waals surface area contributed by atoms with Gasteiger partial charge in [-0.25, -0.2) is 0 Å². The average Bonchev–Trinajstić information content (AvgIpc) is 2.38. The summed E-state index contributed by atoms with van der Waals surface area (Å²) in [6, 6.07) is 13.2. The van der Waals surface area contributed by atoms with E-state index in [-0.39, 0.29) is 6.61 Å². The number of fused-ring (bicyclic) bond motifs is 1. The largest absolute Gasteiger partial charge is 0.396 e. The second kappa shape index (κ2) is 6.53. The summed E-state index contributed by atoms with van der Waals surface area (Å²) >= 11 is 0. The summed E-state index contributed by atoms with van der Waals surface area (Å²) < 4.78 is 0. The number of nitrogens with one attached hydrogen (secondary N) is 1. The molecule has 0 aliphatic rings. The van der Waals surface area contributed by atoms with E-state index >= 15 is 0 Å². The number of hydrogen-bond donors (Lipinski definition) is 2. The zero-order valence-corrected chi connectivity index (χ0v) is 10.9. The summed E-state index contributed by atoms with van der Waals surface area (Å²) in [6.07, 6.45) is 1.87. The Hall–Kier alpha value is -1.38. The Labute approximate surface area is 109 Å². The number of aryl methyl sites for hydroxylation is 1. The molecule has 0 unspecified atom stereocenters. The van der Waals surface area contributed by atoms with Crippen molar-refractivity contribution in [3.8, 4) is 0 Å². The van der Waals surface area contributed by atoms with Gasteiger partial charge in [0.2, 0.25) is 0 Å². The molecule has 0 saturated heterocycles. The van der Waals surface area contributed by atoms with Crippen molar-refractivity contribution in [3.63, 3.8) is 0 Å². The molecule has 2 rings (SSSR count). The van der Waals surface area contributed by atoms with E-state index in [4.69, 9.17) is 5.11 Å². The van der Waals surface area contributed by atoms with E-state index in [0.717, 1.165) is 25.9 Å². The lowest BCUT2D eigenvalue weighted by molar-refractivity contribution is 0.286. The highest BCUT2D eigenvalue weighted by atomic mass is 16.3. The fraction of sp³-hybridized carbons (Fsp3) is 0.375. The third-order valence-corrected chi connectivity index (χ3v) is 3.16. The number of hydrogen-bond acceptors (Lipinski definition) is 2. The maximum atomic E-state index is 8.68. The molecule has 0 amide bonds. The molecular formula is C16H21NO. The van der Waals surface area contributed by atoms with Crippen LogP contribution < -0.4 is 5.32 Å². The van der Waals surface area contributed by atoms with E-state index in [1.165, 1.54) is 21.9 Å². The Morgan fingerprint density at radius 3 is 2.61 bits per heavy atom. The predicted molar refractivity (Wildman–Crippen MR) is 77.0 cm³/mol. The van der Waals surface area contributed by atoms with Crippen molar-refractivity contribution in [3.05, 3.63) is 47.5 Å². The Kier molecular flexibility index (Phi) is 4.73. The topological polar surface area (TPSA) is 32.3 Å². The Balaban J connectivity index is 1.95. The molecule has 0 aliphatic carbocycles. The number of benzene rings is 2. The van der Waals surface area contributed by atoms with Crippen molar-refractivity contribution in [1.82, 2.24) is 5.32 Å². The van der Waals surface area contributed by atoms with Crippen molar-refractivity contribution in [1.29, 1.82) is 0 Å². The molecule has 0 saturated carbocycles. The van der Waals surface area contributed by atoms with Gasteiger partial charge in [0.15, 0.2) is 0 Å². The fourth-order valence-electron chi connectivity index (χ4n) is 2.13. The number of rotatable bonds is 6. The van der Waals surface area contributed by atoms with Crippen LogP contribution in [0.5, 0.6) is 0 Å². The standard InChI is InChI=1S/C16H21NO/c1-13-3-5-16-12-14(4-6-15(16)11-13)7-9-17-8-2-10-18/h3-6,11-12,17-18H,2,7-10H2,1H3. The third kappa shape index (κ3) is 3.56. The molecule has 18 heavy (non-hydrogen) atoms. The molecule has 0 atom stereocenters. The highest BCUT2D eigenvalue weighted by Crippen LogP contribution is 2.17. The van der Waals surface area contributed by atoms with Crippen LogP contribution in [0.3, 0.4) is 0 Å². The monoisotopic (exact) mass is 243 g/mol. The van der Waals surface area contributed by atoms with Gasteiger partial charge in [-0.3, -0.25) is 0 Å². The van der Waals surface area contributed by atoms with Crippen LogP contribution in [0.15, 0.2) is 36.4 Å². The van der Waals surface area contributed by atoms with Crippen LogP contribution in [0, 0.1) is 6.92 Å². The molecule has 0 fully saturated rings. The van der Waals surface area contributed by atoms with Crippen molar-refractivity contribution in [2.45, 2.75) is 19.8 Å². The molecule has 0 bridgehead atoms. The highest BCUT2D eigenvalue weighted by Gasteiger charge is 1.97. The van der Waals surface area contributed by atoms with Gasteiger partial charge in [0.25, 0.3) is 0 Å². The van der Waals surface area contributed by atoms with Gasteiger partial charge in [0, 0.05) is 6.61 Å². The van der Waals surface area contributed by atoms with E-state index in [0.29, 0.717) is 0 Å². The SMILES string of the molecule is Cc1ccc2cc(CCNCCCO)ccc2c1. The lowest BCUT2D eigenvalue weighted by atomic mass is 10.0. The Morgan fingerprint density at radius 2 is 1.78 bits per heavy atom. The summed E-state index contributed by atoms with van der Waals surface area (Å²) in [4.78, 5) is 0. The lowest BCUT2D eigenvalue weighted by Gasteiger charge is -2.06. The van der Waals surface area contributed by atoms with Crippen LogP contribution in [-0.4, -0.2) is 24.8 Å². The summed E-state index contributed by atoms with van der Waals surface area (Å²) in [5, 5.41) is 14.6. The second-order valence-electron chi connectivity index (χ2n) is 4.76. The van der Waals surface area contributed by atoms with Crippen LogP contribution in [0.2, 0.25) is 0 Å². The molecule has 0 radical (unpaired) electrons. The minimum atomic E-state index is 0.266. The summed E-state index contributed by atoms with van der Waals surface area (Å²) in [5.74, 6) is 0. The first-order chi connectivity index (χ1) is 8.79. The quantitative estimate of drug-likeness (QED) is 0.765. The van der Waals surface area contributed by atoms with Gasteiger partial charge in [-0.2, -0.15) is 0 Å². The Morgan fingerprint density at radius 1 is 1.00 bits per heavy atom. The molecule has 0 heterocycles. The smallest absolute Gasteiger partial charge is 0.0443 e. The van der Waals surface area contributed by atoms with Gasteiger partial charge < -0.3 is 10.4 Å². The molecule has 2 aromatic carbocycles. The first-order valence-corrected chi connectivity index (χ1v) is 6.60. The van der Waals surface area contributed by atoms with E-state index in [1.807, 2.05) is 0 Å². The van der Waals surface area contributed by atoms with Gasteiger partial charge in [0.05, 0.1) is 0 Å². The maximum absolute atomic E-state index is 8.68. The molecular weight excluding hydrogens is 222 g/mol. The van der Waals surface area contributed by atoms with E-state index < -0.39 is 0 Å². The van der Waals surface area contributed by atoms with Crippen LogP contribution in [0.1, 0.15) is 17.5 Å². The summed E-state index contributed by atoms with van der Waals surface area (Å²) in [5.41, 5.74) is 2.67. The lowest BCUT2D eigenvalue weighted by Crippen LogP contribution is -2.19. The Bertz CT molecular complexity index is 507. The molecule has 2 heteroatoms. The summed E-state index contributed by atoms with van der Waals surface area (Å²) in [7, 11) is 0. The van der Waals surface area contributed by atoms with Gasteiger partial charge >= 0.3 is 0 Å².